The van der Waals surface area contributed by atoms with Crippen molar-refractivity contribution in [1.82, 2.24) is 25.2 Å². The molecule has 3 aromatic rings. The molecule has 0 radical (unpaired) electrons. The van der Waals surface area contributed by atoms with Crippen molar-refractivity contribution in [2.75, 3.05) is 56.9 Å². The number of likely N-dealkylation sites (N-methyl/N-ethyl adjacent to an activating group) is 1. The minimum absolute atomic E-state index is 0.00186. The Hall–Kier alpha value is -4.24. The minimum atomic E-state index is -1.49. The van der Waals surface area contributed by atoms with E-state index in [2.05, 4.69) is 42.8 Å². The van der Waals surface area contributed by atoms with Crippen LogP contribution in [0.25, 0.3) is 0 Å². The van der Waals surface area contributed by atoms with Gasteiger partial charge < -0.3 is 40.7 Å². The van der Waals surface area contributed by atoms with Gasteiger partial charge in [-0.25, -0.2) is 18.7 Å². The van der Waals surface area contributed by atoms with E-state index in [-0.39, 0.29) is 29.2 Å². The third kappa shape index (κ3) is 7.78. The number of ether oxygens (including phenoxy) is 2. The predicted molar refractivity (Wildman–Crippen MR) is 159 cm³/mol. The van der Waals surface area contributed by atoms with Gasteiger partial charge >= 0.3 is 0 Å². The summed E-state index contributed by atoms with van der Waals surface area (Å²) in [5.74, 6) is -2.11. The number of morpholine rings is 1. The summed E-state index contributed by atoms with van der Waals surface area (Å²) < 4.78 is 39.9. The number of halogens is 2. The lowest BCUT2D eigenvalue weighted by Crippen LogP contribution is -2.48. The standard InChI is InChI=1S/C29H36F2N8O4/c1-7-25(40)35-20-13-22(24(42-6)10-16(20)26-23(14-39(4)5)32-8-9-43-26)37-28-34-15-33-27(38-28)36-21-12-19(31)18(30)11-17(21)29(2,3)41/h7,10-13,15,23,26,32,41H,1,8-9,14H2,2-6H3,(H,35,40)(H2,33,34,36,37,38). The van der Waals surface area contributed by atoms with Gasteiger partial charge in [0.25, 0.3) is 0 Å². The Bertz CT molecular complexity index is 1480. The van der Waals surface area contributed by atoms with Crippen LogP contribution < -0.4 is 26.0 Å². The van der Waals surface area contributed by atoms with Gasteiger partial charge in [-0.1, -0.05) is 6.58 Å². The first-order valence-electron chi connectivity index (χ1n) is 13.5. The van der Waals surface area contributed by atoms with Crippen molar-refractivity contribution in [2.24, 2.45) is 0 Å². The molecule has 1 fully saturated rings. The number of anilines is 5. The molecule has 0 aliphatic carbocycles. The maximum absolute atomic E-state index is 14.1. The number of hydrogen-bond acceptors (Lipinski definition) is 11. The molecule has 1 amide bonds. The zero-order valence-corrected chi connectivity index (χ0v) is 24.7. The Morgan fingerprint density at radius 3 is 2.47 bits per heavy atom. The molecule has 2 heterocycles. The fourth-order valence-corrected chi connectivity index (χ4v) is 4.72. The fourth-order valence-electron chi connectivity index (χ4n) is 4.72. The maximum atomic E-state index is 14.1. The van der Waals surface area contributed by atoms with Crippen molar-refractivity contribution in [3.63, 3.8) is 0 Å². The Kier molecular flexibility index (Phi) is 9.86. The Morgan fingerprint density at radius 1 is 1.16 bits per heavy atom. The Labute approximate surface area is 248 Å². The lowest BCUT2D eigenvalue weighted by molar-refractivity contribution is -0.111. The minimum Gasteiger partial charge on any atom is -0.495 e. The van der Waals surface area contributed by atoms with Crippen molar-refractivity contribution >= 4 is 34.9 Å². The molecule has 0 bridgehead atoms. The highest BCUT2D eigenvalue weighted by Crippen LogP contribution is 2.39. The molecule has 2 atom stereocenters. The summed E-state index contributed by atoms with van der Waals surface area (Å²) in [6, 6.07) is 5.23. The van der Waals surface area contributed by atoms with Crippen molar-refractivity contribution in [3.8, 4) is 5.75 Å². The summed E-state index contributed by atoms with van der Waals surface area (Å²) in [5.41, 5.74) is 0.277. The molecule has 5 N–H and O–H groups in total. The fraction of sp³-hybridized carbons (Fsp3) is 0.379. The highest BCUT2D eigenvalue weighted by molar-refractivity contribution is 6.00. The van der Waals surface area contributed by atoms with E-state index in [4.69, 9.17) is 9.47 Å². The van der Waals surface area contributed by atoms with Gasteiger partial charge in [-0.2, -0.15) is 4.98 Å². The largest absolute Gasteiger partial charge is 0.495 e. The molecule has 2 unspecified atom stereocenters. The predicted octanol–water partition coefficient (Wildman–Crippen LogP) is 3.59. The van der Waals surface area contributed by atoms with Crippen LogP contribution in [0.15, 0.2) is 43.2 Å². The topological polar surface area (TPSA) is 146 Å². The van der Waals surface area contributed by atoms with Gasteiger partial charge in [-0.15, -0.1) is 0 Å². The van der Waals surface area contributed by atoms with Crippen LogP contribution in [0.5, 0.6) is 5.75 Å². The summed E-state index contributed by atoms with van der Waals surface area (Å²) in [6.45, 7) is 8.32. The van der Waals surface area contributed by atoms with Crippen LogP contribution in [-0.2, 0) is 15.1 Å². The van der Waals surface area contributed by atoms with Crippen LogP contribution in [0.4, 0.5) is 37.7 Å². The third-order valence-corrected chi connectivity index (χ3v) is 6.64. The summed E-state index contributed by atoms with van der Waals surface area (Å²) in [7, 11) is 5.44. The molecule has 0 spiro atoms. The van der Waals surface area contributed by atoms with E-state index >= 15 is 0 Å². The molecular weight excluding hydrogens is 562 g/mol. The Morgan fingerprint density at radius 2 is 1.84 bits per heavy atom. The van der Waals surface area contributed by atoms with Gasteiger partial charge in [0.1, 0.15) is 18.2 Å². The molecule has 1 aromatic heterocycles. The molecule has 43 heavy (non-hydrogen) atoms. The molecule has 230 valence electrons. The average Bonchev–Trinajstić information content (AvgIpc) is 2.94. The van der Waals surface area contributed by atoms with E-state index in [1.165, 1.54) is 33.4 Å². The summed E-state index contributed by atoms with van der Waals surface area (Å²) in [6.07, 6.45) is 1.99. The summed E-state index contributed by atoms with van der Waals surface area (Å²) >= 11 is 0. The van der Waals surface area contributed by atoms with E-state index in [0.717, 1.165) is 12.1 Å². The molecule has 1 aliphatic heterocycles. The number of aliphatic hydroxyl groups is 1. The summed E-state index contributed by atoms with van der Waals surface area (Å²) in [5, 5.41) is 22.7. The van der Waals surface area contributed by atoms with Crippen molar-refractivity contribution in [2.45, 2.75) is 31.6 Å². The number of carbonyl (C=O) groups is 1. The number of rotatable bonds is 11. The first-order valence-corrected chi connectivity index (χ1v) is 13.5. The average molecular weight is 599 g/mol. The molecule has 1 aliphatic rings. The third-order valence-electron chi connectivity index (χ3n) is 6.64. The quantitative estimate of drug-likeness (QED) is 0.207. The first-order chi connectivity index (χ1) is 20.4. The van der Waals surface area contributed by atoms with Gasteiger partial charge in [-0.3, -0.25) is 4.79 Å². The summed E-state index contributed by atoms with van der Waals surface area (Å²) in [4.78, 5) is 27.0. The lowest BCUT2D eigenvalue weighted by atomic mass is 9.96. The van der Waals surface area contributed by atoms with E-state index in [1.54, 1.807) is 12.1 Å². The van der Waals surface area contributed by atoms with Crippen molar-refractivity contribution in [1.29, 1.82) is 0 Å². The first kappa shape index (κ1) is 31.7. The number of carbonyl (C=O) groups excluding carboxylic acids is 1. The molecule has 14 heteroatoms. The SMILES string of the molecule is C=CC(=O)Nc1cc(Nc2ncnc(Nc3cc(F)c(F)cc3C(C)(C)O)n2)c(OC)cc1C1OCCNC1CN(C)C. The van der Waals surface area contributed by atoms with Crippen LogP contribution in [0.3, 0.4) is 0 Å². The van der Waals surface area contributed by atoms with Gasteiger partial charge in [0.15, 0.2) is 11.6 Å². The molecule has 0 saturated carbocycles. The normalized spacial score (nSPS) is 17.0. The zero-order chi connectivity index (χ0) is 31.3. The number of benzene rings is 2. The maximum Gasteiger partial charge on any atom is 0.247 e. The molecule has 2 aromatic carbocycles. The van der Waals surface area contributed by atoms with Gasteiger partial charge in [0, 0.05) is 36.0 Å². The highest BCUT2D eigenvalue weighted by Gasteiger charge is 2.31. The van der Waals surface area contributed by atoms with Gasteiger partial charge in [0.05, 0.1) is 36.7 Å². The van der Waals surface area contributed by atoms with E-state index in [0.29, 0.717) is 42.4 Å². The number of methoxy groups -OCH3 is 1. The van der Waals surface area contributed by atoms with E-state index < -0.39 is 29.2 Å². The molecule has 4 rings (SSSR count). The molecular formula is C29H36F2N8O4. The van der Waals surface area contributed by atoms with Crippen molar-refractivity contribution in [3.05, 3.63) is 66.0 Å². The molecule has 12 nitrogen and oxygen atoms in total. The van der Waals surface area contributed by atoms with Crippen LogP contribution in [-0.4, -0.2) is 77.8 Å². The van der Waals surface area contributed by atoms with Gasteiger partial charge in [-0.05, 0) is 52.2 Å². The van der Waals surface area contributed by atoms with Crippen molar-refractivity contribution < 1.29 is 28.2 Å². The van der Waals surface area contributed by atoms with Crippen LogP contribution in [0, 0.1) is 11.6 Å². The zero-order valence-electron chi connectivity index (χ0n) is 24.7. The number of nitrogens with zero attached hydrogens (tertiary/aromatic N) is 4. The monoisotopic (exact) mass is 598 g/mol. The van der Waals surface area contributed by atoms with E-state index in [1.807, 2.05) is 19.0 Å². The second-order valence-corrected chi connectivity index (χ2v) is 10.7. The number of aromatic nitrogens is 3. The Balaban J connectivity index is 1.69. The highest BCUT2D eigenvalue weighted by atomic mass is 19.2. The number of nitrogens with one attached hydrogen (secondary N) is 4. The van der Waals surface area contributed by atoms with Crippen LogP contribution in [0.2, 0.25) is 0 Å². The number of hydrogen-bond donors (Lipinski definition) is 5. The smallest absolute Gasteiger partial charge is 0.247 e. The molecule has 1 saturated heterocycles. The number of amides is 1. The van der Waals surface area contributed by atoms with E-state index in [9.17, 15) is 18.7 Å². The second kappa shape index (κ2) is 13.4. The second-order valence-electron chi connectivity index (χ2n) is 10.7. The van der Waals surface area contributed by atoms with Crippen LogP contribution in [0.1, 0.15) is 31.1 Å². The van der Waals surface area contributed by atoms with Crippen LogP contribution >= 0.6 is 0 Å². The lowest BCUT2D eigenvalue weighted by Gasteiger charge is -2.36. The van der Waals surface area contributed by atoms with Gasteiger partial charge in [0.2, 0.25) is 17.8 Å².